The largest absolute Gasteiger partial charge is 0.455 e. The number of benzene rings is 3. The lowest BCUT2D eigenvalue weighted by Crippen LogP contribution is -2.41. The first kappa shape index (κ1) is 28.5. The van der Waals surface area contributed by atoms with Gasteiger partial charge in [0.1, 0.15) is 11.2 Å². The molecule has 0 radical (unpaired) electrons. The monoisotopic (exact) mass is 514 g/mol. The number of carbonyl (C=O) groups excluding carboxylic acids is 2. The third-order valence-electron chi connectivity index (χ3n) is 6.21. The Morgan fingerprint density at radius 3 is 2.08 bits per heavy atom. The Kier molecular flexibility index (Phi) is 9.68. The molecule has 0 saturated carbocycles. The van der Waals surface area contributed by atoms with Gasteiger partial charge >= 0.3 is 5.97 Å². The molecular formula is C31H34N2O5. The Balaban J connectivity index is 1.67. The van der Waals surface area contributed by atoms with Gasteiger partial charge in [0.05, 0.1) is 4.92 Å². The molecular weight excluding hydrogens is 480 g/mol. The summed E-state index contributed by atoms with van der Waals surface area (Å²) in [5.41, 5.74) is 1.71. The van der Waals surface area contributed by atoms with Crippen LogP contribution in [0.4, 0.5) is 5.69 Å². The van der Waals surface area contributed by atoms with Crippen LogP contribution in [0.2, 0.25) is 0 Å². The maximum atomic E-state index is 13.0. The third-order valence-corrected chi connectivity index (χ3v) is 6.21. The molecule has 3 aromatic carbocycles. The Labute approximate surface area is 223 Å². The van der Waals surface area contributed by atoms with Gasteiger partial charge in [0.2, 0.25) is 0 Å². The standard InChI is InChI=1S/C31H34N2O5/c1-23(34)29(21-24-12-11-17-27(20-24)33(36)37)30(35)38-31(2,3)22-32(4)19-18-28(25-13-7-5-8-14-25)26-15-9-6-10-16-26/h5-17,20-21,28H,18-19,22H2,1-4H3/b29-21+. The summed E-state index contributed by atoms with van der Waals surface area (Å²) in [6, 6.07) is 26.5. The maximum absolute atomic E-state index is 13.0. The molecule has 38 heavy (non-hydrogen) atoms. The van der Waals surface area contributed by atoms with Crippen LogP contribution in [0.5, 0.6) is 0 Å². The molecule has 0 aromatic heterocycles. The summed E-state index contributed by atoms with van der Waals surface area (Å²) in [7, 11) is 1.98. The number of nitro groups is 1. The topological polar surface area (TPSA) is 89.8 Å². The first-order chi connectivity index (χ1) is 18.1. The summed E-state index contributed by atoms with van der Waals surface area (Å²) < 4.78 is 5.75. The van der Waals surface area contributed by atoms with Crippen molar-refractivity contribution < 1.29 is 19.2 Å². The average Bonchev–Trinajstić information content (AvgIpc) is 2.88. The fraction of sp³-hybridized carbons (Fsp3) is 0.290. The van der Waals surface area contributed by atoms with Gasteiger partial charge in [0, 0.05) is 24.6 Å². The molecule has 0 atom stereocenters. The van der Waals surface area contributed by atoms with Gasteiger partial charge in [0.15, 0.2) is 5.78 Å². The molecule has 0 aliphatic heterocycles. The zero-order chi connectivity index (χ0) is 27.7. The van der Waals surface area contributed by atoms with Crippen molar-refractivity contribution >= 4 is 23.5 Å². The lowest BCUT2D eigenvalue weighted by Gasteiger charge is -2.31. The van der Waals surface area contributed by atoms with Crippen LogP contribution in [0.3, 0.4) is 0 Å². The molecule has 0 spiro atoms. The molecule has 0 N–H and O–H groups in total. The zero-order valence-corrected chi connectivity index (χ0v) is 22.3. The quantitative estimate of drug-likeness (QED) is 0.0731. The number of Topliss-reactive ketones (excluding diaryl/α,β-unsaturated/α-hetero) is 1. The molecule has 0 amide bonds. The highest BCUT2D eigenvalue weighted by Crippen LogP contribution is 2.28. The predicted octanol–water partition coefficient (Wildman–Crippen LogP) is 6.04. The summed E-state index contributed by atoms with van der Waals surface area (Å²) in [5.74, 6) is -0.999. The van der Waals surface area contributed by atoms with Crippen molar-refractivity contribution in [3.8, 4) is 0 Å². The van der Waals surface area contributed by atoms with Crippen LogP contribution in [-0.4, -0.2) is 47.3 Å². The van der Waals surface area contributed by atoms with Gasteiger partial charge < -0.3 is 9.64 Å². The fourth-order valence-corrected chi connectivity index (χ4v) is 4.51. The molecule has 7 heteroatoms. The van der Waals surface area contributed by atoms with E-state index in [1.54, 1.807) is 19.9 Å². The molecule has 198 valence electrons. The Hall–Kier alpha value is -4.10. The van der Waals surface area contributed by atoms with Gasteiger partial charge in [-0.05, 0) is 63.6 Å². The molecule has 3 aromatic rings. The van der Waals surface area contributed by atoms with Crippen LogP contribution in [0, 0.1) is 10.1 Å². The van der Waals surface area contributed by atoms with E-state index in [-0.39, 0.29) is 17.2 Å². The lowest BCUT2D eigenvalue weighted by molar-refractivity contribution is -0.384. The second-order valence-corrected chi connectivity index (χ2v) is 10.0. The van der Waals surface area contributed by atoms with E-state index < -0.39 is 22.3 Å². The minimum atomic E-state index is -0.877. The van der Waals surface area contributed by atoms with Crippen molar-refractivity contribution in [2.24, 2.45) is 0 Å². The minimum Gasteiger partial charge on any atom is -0.455 e. The first-order valence-corrected chi connectivity index (χ1v) is 12.5. The highest BCUT2D eigenvalue weighted by molar-refractivity contribution is 6.19. The van der Waals surface area contributed by atoms with Crippen LogP contribution < -0.4 is 0 Å². The van der Waals surface area contributed by atoms with Crippen LogP contribution in [0.25, 0.3) is 6.08 Å². The number of hydrogen-bond donors (Lipinski definition) is 0. The van der Waals surface area contributed by atoms with Crippen molar-refractivity contribution in [2.75, 3.05) is 20.1 Å². The van der Waals surface area contributed by atoms with E-state index in [2.05, 4.69) is 29.2 Å². The number of nitro benzene ring substituents is 1. The number of hydrogen-bond acceptors (Lipinski definition) is 6. The van der Waals surface area contributed by atoms with Gasteiger partial charge in [-0.2, -0.15) is 0 Å². The van der Waals surface area contributed by atoms with E-state index in [9.17, 15) is 19.7 Å². The van der Waals surface area contributed by atoms with E-state index >= 15 is 0 Å². The van der Waals surface area contributed by atoms with E-state index in [4.69, 9.17) is 4.74 Å². The summed E-state index contributed by atoms with van der Waals surface area (Å²) in [5, 5.41) is 11.1. The third kappa shape index (κ3) is 8.21. The average molecular weight is 515 g/mol. The van der Waals surface area contributed by atoms with E-state index in [1.807, 2.05) is 43.4 Å². The first-order valence-electron chi connectivity index (χ1n) is 12.5. The summed E-state index contributed by atoms with van der Waals surface area (Å²) in [4.78, 5) is 37.9. The Morgan fingerprint density at radius 1 is 0.974 bits per heavy atom. The number of carbonyl (C=O) groups is 2. The SMILES string of the molecule is CC(=O)/C(=C\c1cccc([N+](=O)[O-])c1)C(=O)OC(C)(C)CN(C)CCC(c1ccccc1)c1ccccc1. The van der Waals surface area contributed by atoms with Crippen molar-refractivity contribution in [3.63, 3.8) is 0 Å². The number of nitrogens with zero attached hydrogens (tertiary/aromatic N) is 2. The number of esters is 1. The van der Waals surface area contributed by atoms with Crippen LogP contribution in [-0.2, 0) is 14.3 Å². The van der Waals surface area contributed by atoms with E-state index in [0.717, 1.165) is 13.0 Å². The number of ether oxygens (including phenoxy) is 1. The number of ketones is 1. The van der Waals surface area contributed by atoms with Gasteiger partial charge in [-0.25, -0.2) is 4.79 Å². The lowest BCUT2D eigenvalue weighted by atomic mass is 9.88. The molecule has 3 rings (SSSR count). The molecule has 0 heterocycles. The summed E-state index contributed by atoms with van der Waals surface area (Å²) >= 11 is 0. The Bertz CT molecular complexity index is 1250. The fourth-order valence-electron chi connectivity index (χ4n) is 4.51. The maximum Gasteiger partial charge on any atom is 0.342 e. The molecule has 0 unspecified atom stereocenters. The highest BCUT2D eigenvalue weighted by Gasteiger charge is 2.28. The predicted molar refractivity (Wildman–Crippen MR) is 149 cm³/mol. The molecule has 0 aliphatic rings. The molecule has 0 saturated heterocycles. The van der Waals surface area contributed by atoms with Crippen molar-refractivity contribution in [1.29, 1.82) is 0 Å². The van der Waals surface area contributed by atoms with E-state index in [0.29, 0.717) is 12.1 Å². The normalized spacial score (nSPS) is 12.0. The summed E-state index contributed by atoms with van der Waals surface area (Å²) in [6.45, 7) is 6.10. The van der Waals surface area contributed by atoms with Crippen LogP contribution >= 0.6 is 0 Å². The molecule has 7 nitrogen and oxygen atoms in total. The number of non-ortho nitro benzene ring substituents is 1. The van der Waals surface area contributed by atoms with E-state index in [1.165, 1.54) is 42.3 Å². The van der Waals surface area contributed by atoms with Crippen molar-refractivity contribution in [1.82, 2.24) is 4.90 Å². The van der Waals surface area contributed by atoms with Crippen LogP contribution in [0.15, 0.2) is 90.5 Å². The van der Waals surface area contributed by atoms with Gasteiger partial charge in [-0.1, -0.05) is 72.8 Å². The highest BCUT2D eigenvalue weighted by atomic mass is 16.6. The number of rotatable bonds is 12. The van der Waals surface area contributed by atoms with Crippen molar-refractivity contribution in [2.45, 2.75) is 38.7 Å². The smallest absolute Gasteiger partial charge is 0.342 e. The molecule has 0 bridgehead atoms. The Morgan fingerprint density at radius 2 is 1.55 bits per heavy atom. The second-order valence-electron chi connectivity index (χ2n) is 10.0. The minimum absolute atomic E-state index is 0.124. The van der Waals surface area contributed by atoms with Crippen molar-refractivity contribution in [3.05, 3.63) is 117 Å². The zero-order valence-electron chi connectivity index (χ0n) is 22.3. The molecule has 0 aliphatic carbocycles. The molecule has 0 fully saturated rings. The van der Waals surface area contributed by atoms with Gasteiger partial charge in [-0.3, -0.25) is 14.9 Å². The van der Waals surface area contributed by atoms with Gasteiger partial charge in [-0.15, -0.1) is 0 Å². The van der Waals surface area contributed by atoms with Gasteiger partial charge in [0.25, 0.3) is 5.69 Å². The second kappa shape index (κ2) is 12.9. The van der Waals surface area contributed by atoms with Crippen LogP contribution in [0.1, 0.15) is 49.8 Å². The summed E-state index contributed by atoms with van der Waals surface area (Å²) in [6.07, 6.45) is 2.21. The number of likely N-dealkylation sites (N-methyl/N-ethyl adjacent to an activating group) is 1.